The highest BCUT2D eigenvalue weighted by molar-refractivity contribution is 7.91. The summed E-state index contributed by atoms with van der Waals surface area (Å²) >= 11 is 0. The summed E-state index contributed by atoms with van der Waals surface area (Å²) in [4.78, 5) is 13.4. The highest BCUT2D eigenvalue weighted by Gasteiger charge is 2.24. The monoisotopic (exact) mass is 268 g/mol. The first-order chi connectivity index (χ1) is 8.37. The number of nitrogen functional groups attached to an aromatic ring is 1. The normalized spacial score (nSPS) is 15.3. The van der Waals surface area contributed by atoms with Crippen LogP contribution in [0.5, 0.6) is 0 Å². The number of amides is 1. The Kier molecular flexibility index (Phi) is 3.30. The molecule has 0 saturated carbocycles. The quantitative estimate of drug-likeness (QED) is 0.777. The summed E-state index contributed by atoms with van der Waals surface area (Å²) in [5.41, 5.74) is 8.60. The van der Waals surface area contributed by atoms with E-state index < -0.39 is 15.6 Å². The molecule has 0 aliphatic carbocycles. The van der Waals surface area contributed by atoms with Gasteiger partial charge in [0.15, 0.2) is 9.84 Å². The van der Waals surface area contributed by atoms with Crippen molar-refractivity contribution in [3.63, 3.8) is 0 Å². The Morgan fingerprint density at radius 1 is 1.44 bits per heavy atom. The molecule has 0 unspecified atom stereocenters. The van der Waals surface area contributed by atoms with Gasteiger partial charge in [-0.15, -0.1) is 0 Å². The van der Waals surface area contributed by atoms with Gasteiger partial charge in [-0.3, -0.25) is 4.79 Å². The van der Waals surface area contributed by atoms with Crippen LogP contribution in [0.3, 0.4) is 0 Å². The van der Waals surface area contributed by atoms with Gasteiger partial charge >= 0.3 is 0 Å². The van der Waals surface area contributed by atoms with Gasteiger partial charge in [0.2, 0.25) is 5.91 Å². The molecule has 0 aromatic heterocycles. The van der Waals surface area contributed by atoms with E-state index in [4.69, 9.17) is 5.73 Å². The largest absolute Gasteiger partial charge is 0.398 e. The lowest BCUT2D eigenvalue weighted by Gasteiger charge is -2.29. The Labute approximate surface area is 107 Å². The number of benzene rings is 1. The molecule has 0 atom stereocenters. The van der Waals surface area contributed by atoms with Crippen LogP contribution in [0.2, 0.25) is 0 Å². The molecule has 2 N–H and O–H groups in total. The van der Waals surface area contributed by atoms with Crippen LogP contribution >= 0.6 is 0 Å². The van der Waals surface area contributed by atoms with E-state index in [9.17, 15) is 13.2 Å². The van der Waals surface area contributed by atoms with Crippen molar-refractivity contribution in [1.82, 2.24) is 4.90 Å². The Morgan fingerprint density at radius 3 is 2.83 bits per heavy atom. The maximum atomic E-state index is 11.8. The van der Waals surface area contributed by atoms with Crippen LogP contribution in [-0.4, -0.2) is 37.8 Å². The summed E-state index contributed by atoms with van der Waals surface area (Å²) in [6, 6.07) is 5.68. The van der Waals surface area contributed by atoms with Crippen LogP contribution < -0.4 is 5.73 Å². The van der Waals surface area contributed by atoms with Gasteiger partial charge in [-0.1, -0.05) is 12.1 Å². The number of nitrogens with two attached hydrogens (primary N) is 1. The molecule has 5 nitrogen and oxygen atoms in total. The van der Waals surface area contributed by atoms with E-state index in [1.54, 1.807) is 11.0 Å². The first kappa shape index (κ1) is 12.9. The lowest BCUT2D eigenvalue weighted by molar-refractivity contribution is -0.129. The van der Waals surface area contributed by atoms with Crippen LogP contribution in [0.1, 0.15) is 11.1 Å². The smallest absolute Gasteiger partial charge is 0.238 e. The van der Waals surface area contributed by atoms with Crippen molar-refractivity contribution in [3.05, 3.63) is 29.3 Å². The first-order valence-electron chi connectivity index (χ1n) is 5.68. The Balaban J connectivity index is 2.17. The average molecular weight is 268 g/mol. The van der Waals surface area contributed by atoms with Crippen molar-refractivity contribution in [2.45, 2.75) is 13.0 Å². The minimum Gasteiger partial charge on any atom is -0.398 e. The third-order valence-electron chi connectivity index (χ3n) is 3.05. The van der Waals surface area contributed by atoms with E-state index in [1.807, 2.05) is 12.1 Å². The summed E-state index contributed by atoms with van der Waals surface area (Å²) < 4.78 is 22.2. The molecule has 1 aromatic carbocycles. The second-order valence-electron chi connectivity index (χ2n) is 4.62. The van der Waals surface area contributed by atoms with Crippen LogP contribution in [-0.2, 0) is 27.6 Å². The molecule has 6 heteroatoms. The van der Waals surface area contributed by atoms with Gasteiger partial charge in [0.05, 0.1) is 0 Å². The highest BCUT2D eigenvalue weighted by atomic mass is 32.2. The molecule has 1 aliphatic heterocycles. The molecule has 0 fully saturated rings. The molecule has 0 spiro atoms. The summed E-state index contributed by atoms with van der Waals surface area (Å²) in [7, 11) is -3.28. The number of nitrogens with zero attached hydrogens (tertiary/aromatic N) is 1. The van der Waals surface area contributed by atoms with Gasteiger partial charge in [0, 0.05) is 25.0 Å². The van der Waals surface area contributed by atoms with Crippen LogP contribution in [0.4, 0.5) is 5.69 Å². The predicted molar refractivity (Wildman–Crippen MR) is 69.7 cm³/mol. The van der Waals surface area contributed by atoms with Crippen molar-refractivity contribution in [1.29, 1.82) is 0 Å². The maximum Gasteiger partial charge on any atom is 0.238 e. The highest BCUT2D eigenvalue weighted by Crippen LogP contribution is 2.24. The molecule has 0 saturated heterocycles. The number of carbonyl (C=O) groups is 1. The molecule has 1 amide bonds. The zero-order chi connectivity index (χ0) is 13.3. The second-order valence-corrected chi connectivity index (χ2v) is 6.76. The number of anilines is 1. The Morgan fingerprint density at radius 2 is 2.17 bits per heavy atom. The Bertz CT molecular complexity index is 581. The van der Waals surface area contributed by atoms with E-state index in [2.05, 4.69) is 0 Å². The SMILES string of the molecule is CS(=O)(=O)CC(=O)N1CCc2cccc(N)c2C1. The third kappa shape index (κ3) is 2.81. The minimum atomic E-state index is -3.28. The standard InChI is InChI=1S/C12H16N2O3S/c1-18(16,17)8-12(15)14-6-5-9-3-2-4-11(13)10(9)7-14/h2-4H,5-8,13H2,1H3. The number of carbonyl (C=O) groups excluding carboxylic acids is 1. The molecule has 18 heavy (non-hydrogen) atoms. The number of sulfone groups is 1. The molecule has 0 bridgehead atoms. The van der Waals surface area contributed by atoms with Crippen LogP contribution in [0, 0.1) is 0 Å². The molecular formula is C12H16N2O3S. The van der Waals surface area contributed by atoms with Gasteiger partial charge in [-0.25, -0.2) is 8.42 Å². The average Bonchev–Trinajstić information content (AvgIpc) is 2.27. The van der Waals surface area contributed by atoms with Crippen molar-refractivity contribution in [2.24, 2.45) is 0 Å². The lowest BCUT2D eigenvalue weighted by atomic mass is 9.98. The number of hydrogen-bond acceptors (Lipinski definition) is 4. The van der Waals surface area contributed by atoms with Gasteiger partial charge in [-0.05, 0) is 23.6 Å². The minimum absolute atomic E-state index is 0.355. The van der Waals surface area contributed by atoms with Crippen LogP contribution in [0.25, 0.3) is 0 Å². The van der Waals surface area contributed by atoms with Gasteiger partial charge in [0.25, 0.3) is 0 Å². The topological polar surface area (TPSA) is 80.5 Å². The summed E-state index contributed by atoms with van der Waals surface area (Å²) in [6.45, 7) is 0.946. The van der Waals surface area contributed by atoms with E-state index in [1.165, 1.54) is 0 Å². The first-order valence-corrected chi connectivity index (χ1v) is 7.74. The Hall–Kier alpha value is -1.56. The maximum absolute atomic E-state index is 11.8. The molecule has 2 rings (SSSR count). The van der Waals surface area contributed by atoms with Gasteiger partial charge in [0.1, 0.15) is 5.75 Å². The number of hydrogen-bond donors (Lipinski definition) is 1. The molecule has 1 aliphatic rings. The van der Waals surface area contributed by atoms with Crippen molar-refractivity contribution >= 4 is 21.4 Å². The van der Waals surface area contributed by atoms with E-state index in [-0.39, 0.29) is 5.91 Å². The van der Waals surface area contributed by atoms with Crippen LogP contribution in [0.15, 0.2) is 18.2 Å². The van der Waals surface area contributed by atoms with Gasteiger partial charge in [-0.2, -0.15) is 0 Å². The van der Waals surface area contributed by atoms with E-state index >= 15 is 0 Å². The fourth-order valence-corrected chi connectivity index (χ4v) is 2.77. The lowest BCUT2D eigenvalue weighted by Crippen LogP contribution is -2.39. The van der Waals surface area contributed by atoms with Gasteiger partial charge < -0.3 is 10.6 Å². The van der Waals surface area contributed by atoms with Crippen molar-refractivity contribution in [3.8, 4) is 0 Å². The second kappa shape index (κ2) is 4.61. The number of rotatable bonds is 2. The van der Waals surface area contributed by atoms with Crippen molar-refractivity contribution < 1.29 is 13.2 Å². The summed E-state index contributed by atoms with van der Waals surface area (Å²) in [5.74, 6) is -0.791. The summed E-state index contributed by atoms with van der Waals surface area (Å²) in [5, 5.41) is 0. The molecule has 1 heterocycles. The zero-order valence-corrected chi connectivity index (χ0v) is 11.0. The van der Waals surface area contributed by atoms with E-state index in [0.717, 1.165) is 23.8 Å². The van der Waals surface area contributed by atoms with E-state index in [0.29, 0.717) is 18.8 Å². The predicted octanol–water partition coefficient (Wildman–Crippen LogP) is 0.198. The summed E-state index contributed by atoms with van der Waals surface area (Å²) in [6.07, 6.45) is 1.78. The fraction of sp³-hybridized carbons (Fsp3) is 0.417. The molecular weight excluding hydrogens is 252 g/mol. The zero-order valence-electron chi connectivity index (χ0n) is 10.2. The van der Waals surface area contributed by atoms with Crippen molar-refractivity contribution in [2.75, 3.05) is 24.3 Å². The molecule has 1 aromatic rings. The third-order valence-corrected chi connectivity index (χ3v) is 3.82. The fourth-order valence-electron chi connectivity index (χ4n) is 2.14. The number of fused-ring (bicyclic) bond motifs is 1. The molecule has 0 radical (unpaired) electrons. The molecule has 98 valence electrons.